The van der Waals surface area contributed by atoms with Crippen molar-refractivity contribution < 1.29 is 49.5 Å². The highest BCUT2D eigenvalue weighted by atomic mass is 19.4. The summed E-state index contributed by atoms with van der Waals surface area (Å²) in [5.41, 5.74) is -1.77. The first-order valence-corrected chi connectivity index (χ1v) is 17.7. The van der Waals surface area contributed by atoms with Gasteiger partial charge in [0.05, 0.1) is 11.8 Å². The van der Waals surface area contributed by atoms with E-state index >= 15 is 0 Å². The summed E-state index contributed by atoms with van der Waals surface area (Å²) in [4.78, 5) is 47.6. The largest absolute Gasteiger partial charge is 0.433 e. The first kappa shape index (κ1) is 40.5. The zero-order valence-electron chi connectivity index (χ0n) is 30.3. The predicted octanol–water partition coefficient (Wildman–Crippen LogP) is 4.82. The van der Waals surface area contributed by atoms with E-state index in [4.69, 9.17) is 0 Å². The number of Topliss-reactive ketones (excluding diaryl/α,β-unsaturated/α-hetero) is 1. The molecule has 19 heteroatoms. The molecule has 2 fully saturated rings. The molecule has 2 aromatic heterocycles. The van der Waals surface area contributed by atoms with E-state index in [0.717, 1.165) is 14.1 Å². The van der Waals surface area contributed by atoms with Gasteiger partial charge < -0.3 is 9.80 Å². The maximum Gasteiger partial charge on any atom is 0.433 e. The number of hydrogen-bond donors (Lipinski definition) is 0. The molecule has 4 heterocycles. The van der Waals surface area contributed by atoms with Crippen molar-refractivity contribution in [3.8, 4) is 0 Å². The number of carbonyl (C=O) groups is 3. The number of alkyl halides is 6. The molecule has 6 rings (SSSR count). The molecule has 0 saturated carbocycles. The summed E-state index contributed by atoms with van der Waals surface area (Å²) in [5, 5.41) is 7.52. The topological polar surface area (TPSA) is 99.8 Å². The standard InChI is InChI=1S/C37H38F8N8O3/c1-48-31(36(40,41)42)19-29(46-48)34(55)52-15-11-50(12-16-52)21-27(23-3-7-25(38)8-4-23)33(54)28(24-5-9-26(39)10-6-24)22-51-13-17-53(18-14-51)35(56)30-20-32(37(43,44)45)49(2)47-30/h3-10,19-20,27-28H,11-18,21-22H2,1-2H3. The summed E-state index contributed by atoms with van der Waals surface area (Å²) < 4.78 is 109. The SMILES string of the molecule is Cn1nc(C(=O)N2CCN(CC(C(=O)C(CN3CCN(C(=O)c4cc(C(F)(F)F)n(C)n4)CC3)c3ccc(F)cc3)c3ccc(F)cc3)CC2)cc1C(F)(F)F. The van der Waals surface area contributed by atoms with Crippen molar-refractivity contribution in [2.75, 3.05) is 65.4 Å². The number of amides is 2. The minimum absolute atomic E-state index is 0.140. The number of nitrogens with zero attached hydrogens (tertiary/aromatic N) is 8. The number of rotatable bonds is 10. The number of benzene rings is 2. The molecule has 0 N–H and O–H groups in total. The molecule has 2 aliphatic rings. The minimum Gasteiger partial charge on any atom is -0.335 e. The fourth-order valence-electron chi connectivity index (χ4n) is 7.13. The van der Waals surface area contributed by atoms with Crippen LogP contribution in [-0.4, -0.2) is 122 Å². The molecule has 2 amide bonds. The van der Waals surface area contributed by atoms with Crippen LogP contribution in [0, 0.1) is 11.6 Å². The van der Waals surface area contributed by atoms with Gasteiger partial charge in [0, 0.05) is 91.7 Å². The Morgan fingerprint density at radius 1 is 0.571 bits per heavy atom. The third kappa shape index (κ3) is 9.09. The van der Waals surface area contributed by atoms with Crippen molar-refractivity contribution in [2.24, 2.45) is 14.1 Å². The second-order valence-electron chi connectivity index (χ2n) is 13.9. The molecule has 56 heavy (non-hydrogen) atoms. The molecule has 2 aromatic carbocycles. The molecule has 0 bridgehead atoms. The Labute approximate surface area is 316 Å². The normalized spacial score (nSPS) is 17.2. The van der Waals surface area contributed by atoms with E-state index in [9.17, 15) is 49.5 Å². The lowest BCUT2D eigenvalue weighted by Crippen LogP contribution is -2.51. The third-order valence-corrected chi connectivity index (χ3v) is 10.2. The number of halogens is 8. The van der Waals surface area contributed by atoms with Gasteiger partial charge in [-0.25, -0.2) is 8.78 Å². The second kappa shape index (κ2) is 16.1. The average Bonchev–Trinajstić information content (AvgIpc) is 3.76. The van der Waals surface area contributed by atoms with Gasteiger partial charge in [0.1, 0.15) is 28.8 Å². The highest BCUT2D eigenvalue weighted by Crippen LogP contribution is 2.32. The van der Waals surface area contributed by atoms with E-state index in [1.165, 1.54) is 58.3 Å². The van der Waals surface area contributed by atoms with Crippen LogP contribution in [0.4, 0.5) is 35.1 Å². The first-order valence-electron chi connectivity index (χ1n) is 17.7. The quantitative estimate of drug-likeness (QED) is 0.213. The number of ketones is 1. The molecule has 2 aliphatic heterocycles. The summed E-state index contributed by atoms with van der Waals surface area (Å²) in [6.07, 6.45) is -9.37. The van der Waals surface area contributed by atoms with Crippen molar-refractivity contribution in [2.45, 2.75) is 24.2 Å². The second-order valence-corrected chi connectivity index (χ2v) is 13.9. The Morgan fingerprint density at radius 2 is 0.893 bits per heavy atom. The summed E-state index contributed by atoms with van der Waals surface area (Å²) in [6.45, 7) is 1.95. The summed E-state index contributed by atoms with van der Waals surface area (Å²) in [6, 6.07) is 12.4. The van der Waals surface area contributed by atoms with Gasteiger partial charge in [0.15, 0.2) is 11.4 Å². The van der Waals surface area contributed by atoms with Crippen LogP contribution in [0.3, 0.4) is 0 Å². The van der Waals surface area contributed by atoms with Crippen LogP contribution in [0.15, 0.2) is 60.7 Å². The van der Waals surface area contributed by atoms with Crippen LogP contribution in [0.2, 0.25) is 0 Å². The lowest BCUT2D eigenvalue weighted by Gasteiger charge is -2.38. The van der Waals surface area contributed by atoms with E-state index in [-0.39, 0.29) is 82.6 Å². The molecular weight excluding hydrogens is 756 g/mol. The highest BCUT2D eigenvalue weighted by Gasteiger charge is 2.39. The molecule has 4 aromatic rings. The number of piperazine rings is 2. The maximum atomic E-state index is 14.7. The van der Waals surface area contributed by atoms with E-state index in [0.29, 0.717) is 32.6 Å². The van der Waals surface area contributed by atoms with E-state index in [1.807, 2.05) is 9.80 Å². The minimum atomic E-state index is -4.69. The molecule has 2 unspecified atom stereocenters. The molecule has 11 nitrogen and oxygen atoms in total. The Balaban J connectivity index is 1.17. The molecule has 300 valence electrons. The predicted molar refractivity (Wildman–Crippen MR) is 184 cm³/mol. The fourth-order valence-corrected chi connectivity index (χ4v) is 7.13. The van der Waals surface area contributed by atoms with Gasteiger partial charge >= 0.3 is 12.4 Å². The van der Waals surface area contributed by atoms with E-state index in [1.54, 1.807) is 0 Å². The highest BCUT2D eigenvalue weighted by molar-refractivity contribution is 5.94. The van der Waals surface area contributed by atoms with Crippen molar-refractivity contribution in [3.63, 3.8) is 0 Å². The first-order chi connectivity index (χ1) is 26.4. The van der Waals surface area contributed by atoms with Gasteiger partial charge in [-0.05, 0) is 35.4 Å². The Kier molecular flexibility index (Phi) is 11.7. The van der Waals surface area contributed by atoms with Crippen molar-refractivity contribution in [3.05, 3.63) is 106 Å². The molecule has 0 aliphatic carbocycles. The van der Waals surface area contributed by atoms with Crippen LogP contribution >= 0.6 is 0 Å². The third-order valence-electron chi connectivity index (χ3n) is 10.2. The van der Waals surface area contributed by atoms with E-state index in [2.05, 4.69) is 10.2 Å². The molecule has 2 saturated heterocycles. The van der Waals surface area contributed by atoms with Crippen molar-refractivity contribution in [1.29, 1.82) is 0 Å². The van der Waals surface area contributed by atoms with Crippen LogP contribution in [0.5, 0.6) is 0 Å². The Bertz CT molecular complexity index is 1890. The molecular formula is C37H38F8N8O3. The van der Waals surface area contributed by atoms with Gasteiger partial charge in [-0.2, -0.15) is 36.5 Å². The lowest BCUT2D eigenvalue weighted by molar-refractivity contribution is -0.144. The Morgan fingerprint density at radius 3 is 1.18 bits per heavy atom. The Hall–Kier alpha value is -5.17. The van der Waals surface area contributed by atoms with E-state index < -0.39 is 59.0 Å². The van der Waals surface area contributed by atoms with Crippen molar-refractivity contribution in [1.82, 2.24) is 39.2 Å². The number of carbonyl (C=O) groups excluding carboxylic acids is 3. The maximum absolute atomic E-state index is 14.7. The number of aromatic nitrogens is 4. The van der Waals surface area contributed by atoms with Gasteiger partial charge in [-0.15, -0.1) is 0 Å². The van der Waals surface area contributed by atoms with Crippen LogP contribution in [-0.2, 0) is 31.2 Å². The summed E-state index contributed by atoms with van der Waals surface area (Å²) in [7, 11) is 2.21. The van der Waals surface area contributed by atoms with Gasteiger partial charge in [0.2, 0.25) is 0 Å². The zero-order chi connectivity index (χ0) is 40.5. The zero-order valence-corrected chi connectivity index (χ0v) is 30.3. The fraction of sp³-hybridized carbons (Fsp3) is 0.432. The molecule has 0 spiro atoms. The monoisotopic (exact) mass is 794 g/mol. The van der Waals surface area contributed by atoms with Crippen LogP contribution in [0.25, 0.3) is 0 Å². The van der Waals surface area contributed by atoms with Gasteiger partial charge in [-0.1, -0.05) is 24.3 Å². The van der Waals surface area contributed by atoms with Crippen LogP contribution < -0.4 is 0 Å². The van der Waals surface area contributed by atoms with Crippen molar-refractivity contribution >= 4 is 17.6 Å². The smallest absolute Gasteiger partial charge is 0.335 e. The summed E-state index contributed by atoms with van der Waals surface area (Å²) in [5.74, 6) is -4.27. The molecule has 0 radical (unpaired) electrons. The van der Waals surface area contributed by atoms with Gasteiger partial charge in [0.25, 0.3) is 11.8 Å². The molecule has 2 atom stereocenters. The summed E-state index contributed by atoms with van der Waals surface area (Å²) >= 11 is 0. The van der Waals surface area contributed by atoms with Crippen LogP contribution in [0.1, 0.15) is 55.3 Å². The average molecular weight is 795 g/mol. The number of hydrogen-bond acceptors (Lipinski definition) is 7. The lowest BCUT2D eigenvalue weighted by atomic mass is 9.82. The number of aryl methyl sites for hydroxylation is 2. The van der Waals surface area contributed by atoms with Gasteiger partial charge in [-0.3, -0.25) is 33.5 Å².